The van der Waals surface area contributed by atoms with Gasteiger partial charge in [0.05, 0.1) is 12.7 Å². The number of alkyl halides is 3. The van der Waals surface area contributed by atoms with E-state index in [2.05, 4.69) is 152 Å². The first-order chi connectivity index (χ1) is 43.2. The molecule has 2 aliphatic heterocycles. The molecule has 0 spiro atoms. The molecule has 0 aromatic heterocycles. The van der Waals surface area contributed by atoms with Crippen LogP contribution in [0.3, 0.4) is 0 Å². The Hall–Kier alpha value is -8.56. The normalized spacial score (nSPS) is 18.5. The number of anilines is 3. The zero-order chi connectivity index (χ0) is 61.4. The minimum Gasteiger partial charge on any atom is -0.497 e. The average Bonchev–Trinajstić information content (AvgIpc) is 1.59. The van der Waals surface area contributed by atoms with Gasteiger partial charge >= 0.3 is 6.18 Å². The monoisotopic (exact) mass is 1190 g/mol. The molecule has 1 atom stereocenters. The van der Waals surface area contributed by atoms with Crippen molar-refractivity contribution in [3.8, 4) is 44.9 Å². The Labute approximate surface area is 523 Å². The zero-order valence-corrected chi connectivity index (χ0v) is 52.0. The second-order valence-electron chi connectivity index (χ2n) is 25.7. The molecule has 454 valence electrons. The molecule has 89 heavy (non-hydrogen) atoms. The van der Waals surface area contributed by atoms with Crippen LogP contribution in [0.5, 0.6) is 11.5 Å². The predicted molar refractivity (Wildman–Crippen MR) is 360 cm³/mol. The number of benzene rings is 9. The Morgan fingerprint density at radius 1 is 0.640 bits per heavy atom. The summed E-state index contributed by atoms with van der Waals surface area (Å²) >= 11 is 0. The molecule has 1 saturated carbocycles. The number of aryl methyl sites for hydroxylation is 1. The molecule has 2 aliphatic carbocycles. The van der Waals surface area contributed by atoms with Crippen molar-refractivity contribution in [2.75, 3.05) is 48.4 Å². The van der Waals surface area contributed by atoms with Crippen LogP contribution >= 0.6 is 0 Å². The maximum atomic E-state index is 15.4. The topological polar surface area (TPSA) is 54.0 Å². The van der Waals surface area contributed by atoms with E-state index >= 15 is 13.2 Å². The van der Waals surface area contributed by atoms with Crippen LogP contribution in [-0.4, -0.2) is 39.2 Å². The van der Waals surface area contributed by atoms with Crippen LogP contribution in [0.2, 0.25) is 0 Å². The summed E-state index contributed by atoms with van der Waals surface area (Å²) in [6.07, 6.45) is 13.6. The van der Waals surface area contributed by atoms with E-state index in [0.717, 1.165) is 123 Å². The van der Waals surface area contributed by atoms with E-state index in [4.69, 9.17) is 9.47 Å². The van der Waals surface area contributed by atoms with Crippen LogP contribution in [0.1, 0.15) is 153 Å². The molecule has 1 amide bonds. The lowest BCUT2D eigenvalue weighted by molar-refractivity contribution is -0.137. The van der Waals surface area contributed by atoms with Gasteiger partial charge < -0.3 is 24.6 Å². The minimum absolute atomic E-state index is 0.0291. The summed E-state index contributed by atoms with van der Waals surface area (Å²) in [6.45, 7) is 12.6. The first-order valence-electron chi connectivity index (χ1n) is 32.4. The van der Waals surface area contributed by atoms with Gasteiger partial charge in [0.15, 0.2) is 5.60 Å². The lowest BCUT2D eigenvalue weighted by Gasteiger charge is -2.39. The fraction of sp³-hybridized carbons (Fsp3) is 0.312. The van der Waals surface area contributed by atoms with Gasteiger partial charge in [0, 0.05) is 76.3 Å². The number of carbonyl (C=O) groups is 1. The number of nitrogens with zero attached hydrogens (tertiary/aromatic N) is 2. The molecular formula is C80H80F3N3O3. The number of hydrogen-bond acceptors (Lipinski definition) is 5. The first-order valence-corrected chi connectivity index (χ1v) is 32.4. The number of halogens is 3. The van der Waals surface area contributed by atoms with Gasteiger partial charge in [0.2, 0.25) is 0 Å². The van der Waals surface area contributed by atoms with Gasteiger partial charge in [-0.25, -0.2) is 0 Å². The maximum absolute atomic E-state index is 15.4. The highest BCUT2D eigenvalue weighted by Gasteiger charge is 2.45. The number of carbonyl (C=O) groups excluding carboxylic acids is 1. The van der Waals surface area contributed by atoms with Crippen LogP contribution in [0.4, 0.5) is 30.2 Å². The van der Waals surface area contributed by atoms with Crippen molar-refractivity contribution < 1.29 is 27.4 Å². The number of amides is 1. The van der Waals surface area contributed by atoms with Gasteiger partial charge in [-0.15, -0.1) is 0 Å². The molecule has 1 N–H and O–H groups in total. The molecule has 9 heteroatoms. The van der Waals surface area contributed by atoms with Gasteiger partial charge in [-0.1, -0.05) is 181 Å². The summed E-state index contributed by atoms with van der Waals surface area (Å²) in [6, 6.07) is 60.1. The average molecular weight is 1190 g/mol. The summed E-state index contributed by atoms with van der Waals surface area (Å²) in [7, 11) is 1.67. The third-order valence-corrected chi connectivity index (χ3v) is 19.9. The number of methoxy groups -OCH3 is 1. The quantitative estimate of drug-likeness (QED) is 0.0921. The molecule has 9 aromatic rings. The van der Waals surface area contributed by atoms with Crippen molar-refractivity contribution in [3.63, 3.8) is 0 Å². The maximum Gasteiger partial charge on any atom is 0.417 e. The third-order valence-electron chi connectivity index (χ3n) is 19.9. The van der Waals surface area contributed by atoms with Gasteiger partial charge in [-0.05, 0) is 184 Å². The summed E-state index contributed by atoms with van der Waals surface area (Å²) < 4.78 is 59.5. The van der Waals surface area contributed by atoms with Crippen LogP contribution < -0.4 is 24.6 Å². The Balaban J connectivity index is 0.761. The van der Waals surface area contributed by atoms with Crippen LogP contribution in [0, 0.1) is 5.92 Å². The van der Waals surface area contributed by atoms with Crippen molar-refractivity contribution in [2.45, 2.75) is 121 Å². The molecule has 1 saturated heterocycles. The van der Waals surface area contributed by atoms with E-state index in [1.807, 2.05) is 48.5 Å². The second kappa shape index (κ2) is 24.8. The Morgan fingerprint density at radius 3 is 1.88 bits per heavy atom. The van der Waals surface area contributed by atoms with E-state index in [1.165, 1.54) is 87.1 Å². The SMILES string of the molecule is CCCCCC1CCC(c2ccc(-c3ccc(C(=O)Nc4ccc(-c5ccc6c(c5)-c5c(c7c(c8ccccc58)OC(c5ccc(OC)cc5)(c5ccc(N8CCN(c9ccc(CCCC)cc9)CC8)cc5)C=C7)C6(C)C)c(C(F)(F)F)c4)cc3)cc2)CC1. The molecule has 0 bridgehead atoms. The van der Waals surface area contributed by atoms with Gasteiger partial charge in [0.25, 0.3) is 5.91 Å². The molecule has 0 radical (unpaired) electrons. The number of hydrogen-bond donors (Lipinski definition) is 1. The van der Waals surface area contributed by atoms with Gasteiger partial charge in [-0.3, -0.25) is 4.79 Å². The fourth-order valence-electron chi connectivity index (χ4n) is 14.9. The number of rotatable bonds is 17. The van der Waals surface area contributed by atoms with Crippen molar-refractivity contribution in [3.05, 3.63) is 238 Å². The molecule has 9 aromatic carbocycles. The molecule has 2 fully saturated rings. The highest BCUT2D eigenvalue weighted by Crippen LogP contribution is 2.59. The largest absolute Gasteiger partial charge is 0.497 e. The number of ether oxygens (including phenoxy) is 2. The van der Waals surface area contributed by atoms with Crippen LogP contribution in [0.25, 0.3) is 50.2 Å². The number of nitrogens with one attached hydrogen (secondary N) is 1. The van der Waals surface area contributed by atoms with E-state index in [0.29, 0.717) is 17.0 Å². The molecule has 4 aliphatic rings. The summed E-state index contributed by atoms with van der Waals surface area (Å²) in [5.41, 5.74) is 12.5. The highest BCUT2D eigenvalue weighted by molar-refractivity contribution is 6.09. The Bertz CT molecular complexity index is 4040. The fourth-order valence-corrected chi connectivity index (χ4v) is 14.9. The number of unbranched alkanes of at least 4 members (excludes halogenated alkanes) is 3. The van der Waals surface area contributed by atoms with Crippen molar-refractivity contribution >= 4 is 39.8 Å². The smallest absolute Gasteiger partial charge is 0.417 e. The Morgan fingerprint density at radius 2 is 1.25 bits per heavy atom. The van der Waals surface area contributed by atoms with Crippen molar-refractivity contribution in [1.82, 2.24) is 0 Å². The van der Waals surface area contributed by atoms with Crippen LogP contribution in [0.15, 0.2) is 188 Å². The summed E-state index contributed by atoms with van der Waals surface area (Å²) in [5.74, 6) is 2.46. The zero-order valence-electron chi connectivity index (χ0n) is 52.0. The van der Waals surface area contributed by atoms with Gasteiger partial charge in [-0.2, -0.15) is 13.2 Å². The Kier molecular flexibility index (Phi) is 16.5. The predicted octanol–water partition coefficient (Wildman–Crippen LogP) is 20.6. The standard InChI is InChI=1S/C80H80F3N3O3/c1-6-8-10-14-54-17-21-55(22-18-54)56-23-25-57(26-24-56)58-27-29-59(30-28-58)77(87)84-63-36-43-67(73(52-63)80(81,82)83)60-31-44-72-71(51-60)74-68-15-11-12-16-69(68)76-70(75(74)78(72,3)4)45-46-79(89-76,62-34-41-66(88-5)42-35-62)61-32-39-65(40-33-61)86-49-47-85(48-50-86)64-37-19-53(20-38-64)13-9-7-2/h11-12,15-16,19-20,23-46,51-52,54-55H,6-10,13-14,17-18,21-22,47-50H2,1-5H3,(H,84,87). The minimum atomic E-state index is -4.72. The van der Waals surface area contributed by atoms with E-state index in [1.54, 1.807) is 31.4 Å². The number of fused-ring (bicyclic) bond motifs is 8. The van der Waals surface area contributed by atoms with Crippen molar-refractivity contribution in [1.29, 1.82) is 0 Å². The molecule has 2 heterocycles. The lowest BCUT2D eigenvalue weighted by Crippen LogP contribution is -2.46. The summed E-state index contributed by atoms with van der Waals surface area (Å²) in [5, 5.41) is 4.63. The highest BCUT2D eigenvalue weighted by atomic mass is 19.4. The summed E-state index contributed by atoms with van der Waals surface area (Å²) in [4.78, 5) is 18.7. The second-order valence-corrected chi connectivity index (χ2v) is 25.7. The van der Waals surface area contributed by atoms with E-state index in [9.17, 15) is 4.79 Å². The first kappa shape index (κ1) is 59.4. The third kappa shape index (κ3) is 11.6. The lowest BCUT2D eigenvalue weighted by atomic mass is 9.76. The molecule has 1 unspecified atom stereocenters. The van der Waals surface area contributed by atoms with Gasteiger partial charge in [0.1, 0.15) is 11.5 Å². The number of piperazine rings is 1. The van der Waals surface area contributed by atoms with E-state index < -0.39 is 28.7 Å². The van der Waals surface area contributed by atoms with Crippen molar-refractivity contribution in [2.24, 2.45) is 5.92 Å². The molecular weight excluding hydrogens is 1110 g/mol. The molecule has 13 rings (SSSR count). The molecule has 6 nitrogen and oxygen atoms in total. The van der Waals surface area contributed by atoms with Crippen LogP contribution in [-0.2, 0) is 23.6 Å². The van der Waals surface area contributed by atoms with E-state index in [-0.39, 0.29) is 11.3 Å².